The SMILES string of the molecule is CC(=O)OCC(C#N)(c1ccccc1)C(F)(F)F. The zero-order valence-corrected chi connectivity index (χ0v) is 9.49. The van der Waals surface area contributed by atoms with Crippen molar-refractivity contribution < 1.29 is 22.7 Å². The lowest BCUT2D eigenvalue weighted by molar-refractivity contribution is -0.189. The molecule has 0 heterocycles. The van der Waals surface area contributed by atoms with Crippen LogP contribution in [-0.4, -0.2) is 18.8 Å². The molecule has 0 aliphatic carbocycles. The number of carbonyl (C=O) groups is 1. The third-order valence-corrected chi connectivity index (χ3v) is 2.43. The molecule has 6 heteroatoms. The number of nitriles is 1. The fourth-order valence-electron chi connectivity index (χ4n) is 1.42. The molecule has 0 N–H and O–H groups in total. The van der Waals surface area contributed by atoms with E-state index in [1.807, 2.05) is 0 Å². The van der Waals surface area contributed by atoms with Gasteiger partial charge in [-0.25, -0.2) is 0 Å². The zero-order valence-electron chi connectivity index (χ0n) is 9.49. The van der Waals surface area contributed by atoms with Crippen LogP contribution in [0.25, 0.3) is 0 Å². The predicted octanol–water partition coefficient (Wildman–Crippen LogP) is 2.57. The Kier molecular flexibility index (Phi) is 3.96. The van der Waals surface area contributed by atoms with Crippen molar-refractivity contribution in [1.82, 2.24) is 0 Å². The largest absolute Gasteiger partial charge is 0.463 e. The normalized spacial score (nSPS) is 14.4. The maximum atomic E-state index is 13.1. The lowest BCUT2D eigenvalue weighted by atomic mass is 9.82. The van der Waals surface area contributed by atoms with Crippen LogP contribution in [0.1, 0.15) is 12.5 Å². The van der Waals surface area contributed by atoms with E-state index in [2.05, 4.69) is 4.74 Å². The molecule has 1 aromatic carbocycles. The van der Waals surface area contributed by atoms with Crippen LogP contribution in [0.5, 0.6) is 0 Å². The van der Waals surface area contributed by atoms with Gasteiger partial charge >= 0.3 is 12.1 Å². The second-order valence-electron chi connectivity index (χ2n) is 3.66. The number of hydrogen-bond acceptors (Lipinski definition) is 3. The minimum Gasteiger partial charge on any atom is -0.463 e. The summed E-state index contributed by atoms with van der Waals surface area (Å²) in [6.45, 7) is -0.0597. The van der Waals surface area contributed by atoms with Crippen molar-refractivity contribution in [2.45, 2.75) is 18.5 Å². The summed E-state index contributed by atoms with van der Waals surface area (Å²) in [5.74, 6) is -0.866. The Labute approximate surface area is 102 Å². The molecule has 18 heavy (non-hydrogen) atoms. The Hall–Kier alpha value is -2.03. The number of ether oxygens (including phenoxy) is 1. The van der Waals surface area contributed by atoms with E-state index >= 15 is 0 Å². The van der Waals surface area contributed by atoms with E-state index in [0.717, 1.165) is 6.92 Å². The standard InChI is InChI=1S/C12H10F3NO2/c1-9(17)18-8-11(7-16,12(13,14)15)10-5-3-2-4-6-10/h2-6H,8H2,1H3. The number of halogens is 3. The first-order valence-electron chi connectivity index (χ1n) is 5.00. The maximum Gasteiger partial charge on any atom is 0.414 e. The molecule has 1 aromatic rings. The molecule has 1 rings (SSSR count). The second-order valence-corrected chi connectivity index (χ2v) is 3.66. The van der Waals surface area contributed by atoms with Crippen LogP contribution in [-0.2, 0) is 14.9 Å². The van der Waals surface area contributed by atoms with Crippen LogP contribution in [0, 0.1) is 11.3 Å². The van der Waals surface area contributed by atoms with Gasteiger partial charge in [0.05, 0.1) is 6.07 Å². The Morgan fingerprint density at radius 3 is 2.28 bits per heavy atom. The van der Waals surface area contributed by atoms with Gasteiger partial charge in [-0.2, -0.15) is 18.4 Å². The third kappa shape index (κ3) is 2.62. The predicted molar refractivity (Wildman–Crippen MR) is 56.4 cm³/mol. The van der Waals surface area contributed by atoms with Crippen LogP contribution < -0.4 is 0 Å². The molecule has 0 spiro atoms. The first-order valence-corrected chi connectivity index (χ1v) is 5.00. The molecule has 0 radical (unpaired) electrons. The molecule has 0 aliphatic rings. The molecule has 0 fully saturated rings. The zero-order chi connectivity index (χ0) is 13.8. The Morgan fingerprint density at radius 2 is 1.89 bits per heavy atom. The lowest BCUT2D eigenvalue weighted by Crippen LogP contribution is -2.45. The van der Waals surface area contributed by atoms with Crippen molar-refractivity contribution >= 4 is 5.97 Å². The Balaban J connectivity index is 3.25. The highest BCUT2D eigenvalue weighted by atomic mass is 19.4. The van der Waals surface area contributed by atoms with Crippen LogP contribution >= 0.6 is 0 Å². The first kappa shape index (κ1) is 14.0. The van der Waals surface area contributed by atoms with E-state index in [9.17, 15) is 18.0 Å². The number of rotatable bonds is 3. The van der Waals surface area contributed by atoms with Gasteiger partial charge in [-0.15, -0.1) is 0 Å². The lowest BCUT2D eigenvalue weighted by Gasteiger charge is -2.28. The molecule has 0 aliphatic heterocycles. The number of nitrogens with zero attached hydrogens (tertiary/aromatic N) is 1. The summed E-state index contributed by atoms with van der Waals surface area (Å²) in [6, 6.07) is 7.90. The molecule has 3 nitrogen and oxygen atoms in total. The Bertz CT molecular complexity index is 464. The monoisotopic (exact) mass is 257 g/mol. The average molecular weight is 257 g/mol. The number of alkyl halides is 3. The van der Waals surface area contributed by atoms with Gasteiger partial charge in [0.1, 0.15) is 6.61 Å². The summed E-state index contributed by atoms with van der Waals surface area (Å²) in [5.41, 5.74) is -3.08. The van der Waals surface area contributed by atoms with E-state index in [-0.39, 0.29) is 5.56 Å². The summed E-state index contributed by atoms with van der Waals surface area (Å²) in [7, 11) is 0. The van der Waals surface area contributed by atoms with Gasteiger partial charge in [0.15, 0.2) is 0 Å². The van der Waals surface area contributed by atoms with Crippen molar-refractivity contribution in [3.05, 3.63) is 35.9 Å². The van der Waals surface area contributed by atoms with Crippen molar-refractivity contribution in [3.63, 3.8) is 0 Å². The molecule has 0 bridgehead atoms. The first-order chi connectivity index (χ1) is 8.33. The quantitative estimate of drug-likeness (QED) is 0.782. The third-order valence-electron chi connectivity index (χ3n) is 2.43. The molecule has 0 amide bonds. The van der Waals surface area contributed by atoms with Crippen LogP contribution in [0.15, 0.2) is 30.3 Å². The fraction of sp³-hybridized carbons (Fsp3) is 0.333. The highest BCUT2D eigenvalue weighted by Gasteiger charge is 2.57. The minimum atomic E-state index is -4.83. The molecule has 1 atom stereocenters. The van der Waals surface area contributed by atoms with Crippen LogP contribution in [0.4, 0.5) is 13.2 Å². The van der Waals surface area contributed by atoms with E-state index < -0.39 is 24.2 Å². The molecule has 1 unspecified atom stereocenters. The summed E-state index contributed by atoms with van der Waals surface area (Å²) in [5, 5.41) is 8.92. The summed E-state index contributed by atoms with van der Waals surface area (Å²) >= 11 is 0. The second kappa shape index (κ2) is 5.08. The van der Waals surface area contributed by atoms with Gasteiger partial charge in [-0.3, -0.25) is 4.79 Å². The van der Waals surface area contributed by atoms with Crippen molar-refractivity contribution in [3.8, 4) is 6.07 Å². The van der Waals surface area contributed by atoms with Gasteiger partial charge in [0.2, 0.25) is 5.41 Å². The minimum absolute atomic E-state index is 0.249. The van der Waals surface area contributed by atoms with Crippen LogP contribution in [0.2, 0.25) is 0 Å². The number of hydrogen-bond donors (Lipinski definition) is 0. The van der Waals surface area contributed by atoms with Crippen molar-refractivity contribution in [1.29, 1.82) is 5.26 Å². The van der Waals surface area contributed by atoms with Crippen molar-refractivity contribution in [2.75, 3.05) is 6.61 Å². The van der Waals surface area contributed by atoms with Gasteiger partial charge in [0.25, 0.3) is 0 Å². The summed E-state index contributed by atoms with van der Waals surface area (Å²) in [4.78, 5) is 10.7. The highest BCUT2D eigenvalue weighted by Crippen LogP contribution is 2.41. The maximum absolute atomic E-state index is 13.1. The van der Waals surface area contributed by atoms with Gasteiger partial charge in [-0.05, 0) is 5.56 Å². The number of benzene rings is 1. The molecule has 0 saturated carbocycles. The van der Waals surface area contributed by atoms with Crippen LogP contribution in [0.3, 0.4) is 0 Å². The van der Waals surface area contributed by atoms with E-state index in [0.29, 0.717) is 0 Å². The fourth-order valence-corrected chi connectivity index (χ4v) is 1.42. The topological polar surface area (TPSA) is 50.1 Å². The Morgan fingerprint density at radius 1 is 1.33 bits per heavy atom. The molecular weight excluding hydrogens is 247 g/mol. The van der Waals surface area contributed by atoms with Gasteiger partial charge in [-0.1, -0.05) is 30.3 Å². The molecule has 96 valence electrons. The number of carbonyl (C=O) groups excluding carboxylic acids is 1. The van der Waals surface area contributed by atoms with Gasteiger partial charge < -0.3 is 4.74 Å². The molecule has 0 aromatic heterocycles. The van der Waals surface area contributed by atoms with Gasteiger partial charge in [0, 0.05) is 6.92 Å². The molecule has 0 saturated heterocycles. The summed E-state index contributed by atoms with van der Waals surface area (Å²) < 4.78 is 43.7. The highest BCUT2D eigenvalue weighted by molar-refractivity contribution is 5.66. The van der Waals surface area contributed by atoms with E-state index in [4.69, 9.17) is 5.26 Å². The van der Waals surface area contributed by atoms with E-state index in [1.165, 1.54) is 36.4 Å². The molecular formula is C12H10F3NO2. The average Bonchev–Trinajstić information content (AvgIpc) is 2.29. The number of esters is 1. The van der Waals surface area contributed by atoms with E-state index in [1.54, 1.807) is 0 Å². The smallest absolute Gasteiger partial charge is 0.414 e. The van der Waals surface area contributed by atoms with Crippen molar-refractivity contribution in [2.24, 2.45) is 0 Å². The summed E-state index contributed by atoms with van der Waals surface area (Å²) in [6.07, 6.45) is -4.83.